The molecule has 0 aromatic carbocycles. The van der Waals surface area contributed by atoms with Crippen molar-refractivity contribution in [1.82, 2.24) is 16.0 Å². The zero-order chi connectivity index (χ0) is 30.2. The van der Waals surface area contributed by atoms with E-state index in [1.54, 1.807) is 6.92 Å². The van der Waals surface area contributed by atoms with Gasteiger partial charge in [0.05, 0.1) is 18.0 Å². The van der Waals surface area contributed by atoms with E-state index in [2.05, 4.69) is 22.0 Å². The van der Waals surface area contributed by atoms with Crippen LogP contribution in [0, 0.1) is 40.9 Å². The first kappa shape index (κ1) is 31.9. The lowest BCUT2D eigenvalue weighted by molar-refractivity contribution is -0.130. The Morgan fingerprint density at radius 2 is 1.71 bits per heavy atom. The van der Waals surface area contributed by atoms with Gasteiger partial charge in [-0.05, 0) is 107 Å². The van der Waals surface area contributed by atoms with Crippen LogP contribution >= 0.6 is 0 Å². The Bertz CT molecular complexity index is 1100. The van der Waals surface area contributed by atoms with Gasteiger partial charge in [-0.25, -0.2) is 0 Å². The lowest BCUT2D eigenvalue weighted by Crippen LogP contribution is -2.53. The van der Waals surface area contributed by atoms with E-state index in [0.717, 1.165) is 70.9 Å². The summed E-state index contributed by atoms with van der Waals surface area (Å²) in [6.45, 7) is 5.64. The molecule has 1 aliphatic heterocycles. The molecule has 1 heterocycles. The number of ketones is 1. The van der Waals surface area contributed by atoms with Gasteiger partial charge in [-0.15, -0.1) is 0 Å². The van der Waals surface area contributed by atoms with Crippen LogP contribution in [0.15, 0.2) is 22.3 Å². The molecule has 230 valence electrons. The number of primary amides is 1. The van der Waals surface area contributed by atoms with Crippen molar-refractivity contribution >= 4 is 24.0 Å². The topological polar surface area (TPSA) is 154 Å². The number of nitrogens with one attached hydrogen (secondary N) is 3. The average Bonchev–Trinajstić information content (AvgIpc) is 2.97. The molecule has 6 aliphatic rings. The largest absolute Gasteiger partial charge is 0.369 e. The van der Waals surface area contributed by atoms with Gasteiger partial charge in [0, 0.05) is 11.8 Å². The third-order valence-corrected chi connectivity index (χ3v) is 10.3. The Kier molecular flexibility index (Phi) is 11.4. The molecule has 3 saturated carbocycles. The normalized spacial score (nSPS) is 27.2. The van der Waals surface area contributed by atoms with Crippen LogP contribution in [0.3, 0.4) is 0 Å². The molecule has 0 aromatic rings. The summed E-state index contributed by atoms with van der Waals surface area (Å²) in [5.41, 5.74) is 10.3. The van der Waals surface area contributed by atoms with Crippen molar-refractivity contribution in [2.24, 2.45) is 35.3 Å². The fourth-order valence-electron chi connectivity index (χ4n) is 7.89. The lowest BCUT2D eigenvalue weighted by atomic mass is 9.56. The Morgan fingerprint density at radius 3 is 2.26 bits per heavy atom. The molecular formula is C33H49N5O4. The fraction of sp³-hybridized carbons (Fsp3) is 0.727. The number of nitrogens with zero attached hydrogens (tertiary/aromatic N) is 1. The van der Waals surface area contributed by atoms with Crippen molar-refractivity contribution < 1.29 is 19.2 Å². The summed E-state index contributed by atoms with van der Waals surface area (Å²) in [4.78, 5) is 47.4. The molecule has 9 nitrogen and oxygen atoms in total. The molecule has 5 N–H and O–H groups in total. The van der Waals surface area contributed by atoms with Crippen LogP contribution in [0.25, 0.3) is 0 Å². The summed E-state index contributed by atoms with van der Waals surface area (Å²) in [6.07, 6.45) is 13.8. The second kappa shape index (κ2) is 15.0. The molecule has 3 amide bonds. The van der Waals surface area contributed by atoms with E-state index >= 15 is 0 Å². The molecule has 0 radical (unpaired) electrons. The number of nitriles is 1. The molecule has 4 bridgehead atoms. The highest BCUT2D eigenvalue weighted by Crippen LogP contribution is 2.57. The summed E-state index contributed by atoms with van der Waals surface area (Å²) >= 11 is 0. The number of hydrogen-bond donors (Lipinski definition) is 4. The van der Waals surface area contributed by atoms with Crippen LogP contribution in [0.1, 0.15) is 97.3 Å². The number of hydrogen-bond acceptors (Lipinski definition) is 6. The zero-order valence-electron chi connectivity index (χ0n) is 25.4. The Morgan fingerprint density at radius 1 is 1.02 bits per heavy atom. The zero-order valence-corrected chi connectivity index (χ0v) is 25.4. The maximum atomic E-state index is 13.1. The van der Waals surface area contributed by atoms with Crippen LogP contribution in [0.5, 0.6) is 0 Å². The van der Waals surface area contributed by atoms with Crippen molar-refractivity contribution in [3.63, 3.8) is 0 Å². The summed E-state index contributed by atoms with van der Waals surface area (Å²) in [7, 11) is 0. The fourth-order valence-corrected chi connectivity index (χ4v) is 7.89. The molecule has 0 aromatic heterocycles. The van der Waals surface area contributed by atoms with Crippen LogP contribution in [0.4, 0.5) is 0 Å². The van der Waals surface area contributed by atoms with Gasteiger partial charge in [-0.3, -0.25) is 19.2 Å². The first-order valence-corrected chi connectivity index (χ1v) is 16.1. The highest BCUT2D eigenvalue weighted by Gasteiger charge is 2.46. The standard InChI is InChI=1S/C24H31N3O3.C9H18N2O/c1-14(29)23(15-6-3-2-4-7-15)27-24(30)22(26-13-28)11-20-18-10-19(20)17-9-5-8-16(18)21(17)12-25;1-7(9(10)12)5-8-3-2-4-11-6-8/h13,15,20-23H,2-11H2,1H3,(H,26,28)(H,27,30);7-8,11H,2-6H2,1H3,(H2,10,12)/t20?,21?,22-,23+;/m0./s1. The highest BCUT2D eigenvalue weighted by molar-refractivity contribution is 5.90. The summed E-state index contributed by atoms with van der Waals surface area (Å²) < 4.78 is 0. The van der Waals surface area contributed by atoms with Gasteiger partial charge in [-0.2, -0.15) is 5.26 Å². The Hall–Kier alpha value is -2.99. The summed E-state index contributed by atoms with van der Waals surface area (Å²) in [5, 5.41) is 18.6. The van der Waals surface area contributed by atoms with Crippen LogP contribution in [-0.2, 0) is 19.2 Å². The SMILES string of the molecule is CC(=O)[C@@H](NC(=O)[C@H](CC1C2=C3CCCC(=C1C2)C3C#N)NC=O)C1CCCCC1.CC(CC1CCCNC1)C(N)=O. The van der Waals surface area contributed by atoms with Crippen molar-refractivity contribution in [2.75, 3.05) is 13.1 Å². The van der Waals surface area contributed by atoms with Gasteiger partial charge in [-0.1, -0.05) is 37.3 Å². The molecule has 4 fully saturated rings. The number of carbonyl (C=O) groups is 4. The second-order valence-corrected chi connectivity index (χ2v) is 13.1. The lowest BCUT2D eigenvalue weighted by Gasteiger charge is -2.48. The van der Waals surface area contributed by atoms with E-state index < -0.39 is 12.1 Å². The number of Topliss-reactive ketones (excluding diaryl/α,β-unsaturated/α-hetero) is 1. The van der Waals surface area contributed by atoms with Gasteiger partial charge in [0.25, 0.3) is 0 Å². The molecular weight excluding hydrogens is 530 g/mol. The average molecular weight is 580 g/mol. The minimum Gasteiger partial charge on any atom is -0.369 e. The predicted octanol–water partition coefficient (Wildman–Crippen LogP) is 3.59. The minimum atomic E-state index is -0.663. The maximum Gasteiger partial charge on any atom is 0.243 e. The van der Waals surface area contributed by atoms with E-state index in [0.29, 0.717) is 18.7 Å². The van der Waals surface area contributed by atoms with E-state index in [4.69, 9.17) is 5.73 Å². The van der Waals surface area contributed by atoms with E-state index in [1.807, 2.05) is 6.92 Å². The van der Waals surface area contributed by atoms with Crippen molar-refractivity contribution in [3.8, 4) is 6.07 Å². The summed E-state index contributed by atoms with van der Waals surface area (Å²) in [5.74, 6) is 0.530. The number of piperidine rings is 1. The van der Waals surface area contributed by atoms with Gasteiger partial charge >= 0.3 is 0 Å². The van der Waals surface area contributed by atoms with Crippen molar-refractivity contribution in [1.29, 1.82) is 5.26 Å². The third-order valence-electron chi connectivity index (χ3n) is 10.3. The van der Waals surface area contributed by atoms with Crippen LogP contribution < -0.4 is 21.7 Å². The molecule has 4 atom stereocenters. The smallest absolute Gasteiger partial charge is 0.243 e. The Labute approximate surface area is 250 Å². The highest BCUT2D eigenvalue weighted by atomic mass is 16.2. The first-order valence-electron chi connectivity index (χ1n) is 16.1. The van der Waals surface area contributed by atoms with E-state index in [-0.39, 0.29) is 41.3 Å². The van der Waals surface area contributed by atoms with Gasteiger partial charge in [0.1, 0.15) is 6.04 Å². The summed E-state index contributed by atoms with van der Waals surface area (Å²) in [6, 6.07) is 1.32. The van der Waals surface area contributed by atoms with Crippen LogP contribution in [0.2, 0.25) is 0 Å². The molecule has 42 heavy (non-hydrogen) atoms. The second-order valence-electron chi connectivity index (χ2n) is 13.1. The third kappa shape index (κ3) is 7.50. The Balaban J connectivity index is 0.000000283. The number of carbonyl (C=O) groups excluding carboxylic acids is 4. The predicted molar refractivity (Wildman–Crippen MR) is 160 cm³/mol. The molecule has 0 spiro atoms. The van der Waals surface area contributed by atoms with Crippen molar-refractivity contribution in [2.45, 2.75) is 109 Å². The molecule has 1 saturated heterocycles. The molecule has 2 unspecified atom stereocenters. The van der Waals surface area contributed by atoms with Crippen LogP contribution in [-0.4, -0.2) is 49.2 Å². The maximum absolute atomic E-state index is 13.1. The number of rotatable bonds is 11. The molecule has 5 aliphatic carbocycles. The first-order chi connectivity index (χ1) is 20.2. The van der Waals surface area contributed by atoms with Gasteiger partial charge in [0.2, 0.25) is 18.2 Å². The molecule has 6 rings (SSSR count). The number of amides is 3. The quantitative estimate of drug-likeness (QED) is 0.217. The van der Waals surface area contributed by atoms with E-state index in [1.165, 1.54) is 41.6 Å². The van der Waals surface area contributed by atoms with E-state index in [9.17, 15) is 24.4 Å². The van der Waals surface area contributed by atoms with Gasteiger partial charge < -0.3 is 21.7 Å². The minimum absolute atomic E-state index is 0.0122. The van der Waals surface area contributed by atoms with Gasteiger partial charge in [0.15, 0.2) is 5.78 Å². The number of allylic oxidation sites excluding steroid dienone is 4. The number of nitrogens with two attached hydrogens (primary N) is 1. The molecule has 9 heteroatoms. The van der Waals surface area contributed by atoms with Crippen molar-refractivity contribution in [3.05, 3.63) is 22.3 Å². The monoisotopic (exact) mass is 579 g/mol.